The number of rotatable bonds is 3. The maximum Gasteiger partial charge on any atom is 0.228 e. The first kappa shape index (κ1) is 13.2. The second-order valence-electron chi connectivity index (χ2n) is 5.00. The van der Waals surface area contributed by atoms with Gasteiger partial charge in [0.15, 0.2) is 0 Å². The van der Waals surface area contributed by atoms with E-state index in [2.05, 4.69) is 9.97 Å². The molecular formula is C15H17N3OS. The lowest BCUT2D eigenvalue weighted by Gasteiger charge is -2.26. The molecule has 0 aromatic carbocycles. The van der Waals surface area contributed by atoms with Crippen LogP contribution < -0.4 is 0 Å². The average molecular weight is 287 g/mol. The van der Waals surface area contributed by atoms with Crippen molar-refractivity contribution in [1.29, 1.82) is 0 Å². The van der Waals surface area contributed by atoms with Gasteiger partial charge in [-0.25, -0.2) is 4.98 Å². The van der Waals surface area contributed by atoms with Crippen molar-refractivity contribution < 1.29 is 4.79 Å². The molecule has 3 heterocycles. The van der Waals surface area contributed by atoms with E-state index < -0.39 is 0 Å². The number of hydrogen-bond donors (Lipinski definition) is 0. The summed E-state index contributed by atoms with van der Waals surface area (Å²) in [5.74, 6) is 0.202. The van der Waals surface area contributed by atoms with Crippen molar-refractivity contribution >= 4 is 17.2 Å². The number of thiazole rings is 1. The summed E-state index contributed by atoms with van der Waals surface area (Å²) in [5, 5.41) is 2.91. The zero-order valence-electron chi connectivity index (χ0n) is 11.3. The number of aromatic nitrogens is 2. The predicted octanol–water partition coefficient (Wildman–Crippen LogP) is 2.76. The monoisotopic (exact) mass is 287 g/mol. The highest BCUT2D eigenvalue weighted by Crippen LogP contribution is 2.23. The molecule has 4 nitrogen and oxygen atoms in total. The smallest absolute Gasteiger partial charge is 0.228 e. The van der Waals surface area contributed by atoms with Gasteiger partial charge >= 0.3 is 0 Å². The van der Waals surface area contributed by atoms with Gasteiger partial charge in [-0.05, 0) is 31.4 Å². The summed E-state index contributed by atoms with van der Waals surface area (Å²) in [6.07, 6.45) is 7.46. The number of piperidine rings is 1. The fraction of sp³-hybridized carbons (Fsp3) is 0.400. The summed E-state index contributed by atoms with van der Waals surface area (Å²) >= 11 is 1.57. The molecular weight excluding hydrogens is 270 g/mol. The van der Waals surface area contributed by atoms with E-state index in [0.717, 1.165) is 42.2 Å². The number of amides is 1. The lowest BCUT2D eigenvalue weighted by molar-refractivity contribution is -0.131. The quantitative estimate of drug-likeness (QED) is 0.872. The molecule has 3 rings (SSSR count). The summed E-state index contributed by atoms with van der Waals surface area (Å²) in [6, 6.07) is 3.89. The number of hydrogen-bond acceptors (Lipinski definition) is 4. The van der Waals surface area contributed by atoms with E-state index in [9.17, 15) is 4.79 Å². The van der Waals surface area contributed by atoms with E-state index in [1.165, 1.54) is 6.42 Å². The van der Waals surface area contributed by atoms with Gasteiger partial charge in [0, 0.05) is 36.4 Å². The van der Waals surface area contributed by atoms with Gasteiger partial charge in [0.05, 0.1) is 12.1 Å². The molecule has 1 aliphatic rings. The third kappa shape index (κ3) is 3.04. The second-order valence-corrected chi connectivity index (χ2v) is 5.86. The van der Waals surface area contributed by atoms with Crippen molar-refractivity contribution in [3.05, 3.63) is 35.6 Å². The Kier molecular flexibility index (Phi) is 4.06. The van der Waals surface area contributed by atoms with E-state index in [-0.39, 0.29) is 5.91 Å². The Hall–Kier alpha value is -1.75. The second kappa shape index (κ2) is 6.13. The number of carbonyl (C=O) groups is 1. The molecule has 20 heavy (non-hydrogen) atoms. The Bertz CT molecular complexity index is 576. The first-order valence-corrected chi connectivity index (χ1v) is 7.83. The molecule has 1 fully saturated rings. The lowest BCUT2D eigenvalue weighted by atomic mass is 10.1. The normalized spacial score (nSPS) is 15.3. The van der Waals surface area contributed by atoms with Crippen molar-refractivity contribution in [2.24, 2.45) is 0 Å². The number of carbonyl (C=O) groups excluding carboxylic acids is 1. The standard InChI is InChI=1S/C15H17N3OS/c19-14(18-7-2-1-3-8-18)9-13-11-20-15(17-13)12-5-4-6-16-10-12/h4-6,10-11H,1-3,7-9H2. The van der Waals surface area contributed by atoms with Gasteiger partial charge in [-0.15, -0.1) is 11.3 Å². The maximum absolute atomic E-state index is 12.2. The van der Waals surface area contributed by atoms with Crippen LogP contribution in [0.4, 0.5) is 0 Å². The zero-order valence-corrected chi connectivity index (χ0v) is 12.1. The van der Waals surface area contributed by atoms with Gasteiger partial charge in [0.1, 0.15) is 5.01 Å². The van der Waals surface area contributed by atoms with E-state index >= 15 is 0 Å². The fourth-order valence-corrected chi connectivity index (χ4v) is 3.23. The Balaban J connectivity index is 1.66. The van der Waals surface area contributed by atoms with E-state index in [1.54, 1.807) is 23.7 Å². The molecule has 5 heteroatoms. The van der Waals surface area contributed by atoms with E-state index in [4.69, 9.17) is 0 Å². The summed E-state index contributed by atoms with van der Waals surface area (Å²) in [6.45, 7) is 1.80. The van der Waals surface area contributed by atoms with Crippen molar-refractivity contribution in [3.63, 3.8) is 0 Å². The van der Waals surface area contributed by atoms with Gasteiger partial charge in [0.2, 0.25) is 5.91 Å². The minimum absolute atomic E-state index is 0.202. The fourth-order valence-electron chi connectivity index (χ4n) is 2.42. The van der Waals surface area contributed by atoms with Crippen molar-refractivity contribution in [2.45, 2.75) is 25.7 Å². The SMILES string of the molecule is O=C(Cc1csc(-c2cccnc2)n1)N1CCCCC1. The van der Waals surface area contributed by atoms with Crippen LogP contribution >= 0.6 is 11.3 Å². The van der Waals surface area contributed by atoms with Crippen LogP contribution in [0.1, 0.15) is 25.0 Å². The van der Waals surface area contributed by atoms with Crippen molar-refractivity contribution in [1.82, 2.24) is 14.9 Å². The van der Waals surface area contributed by atoms with Gasteiger partial charge < -0.3 is 4.90 Å². The van der Waals surface area contributed by atoms with Gasteiger partial charge in [-0.2, -0.15) is 0 Å². The van der Waals surface area contributed by atoms with Crippen LogP contribution in [0.15, 0.2) is 29.9 Å². The Morgan fingerprint density at radius 2 is 2.15 bits per heavy atom. The zero-order chi connectivity index (χ0) is 13.8. The molecule has 1 saturated heterocycles. The molecule has 0 spiro atoms. The molecule has 2 aromatic heterocycles. The molecule has 0 radical (unpaired) electrons. The lowest BCUT2D eigenvalue weighted by Crippen LogP contribution is -2.36. The largest absolute Gasteiger partial charge is 0.342 e. The molecule has 104 valence electrons. The van der Waals surface area contributed by atoms with E-state index in [0.29, 0.717) is 6.42 Å². The van der Waals surface area contributed by atoms with Crippen LogP contribution in [0.25, 0.3) is 10.6 Å². The Morgan fingerprint density at radius 3 is 2.90 bits per heavy atom. The minimum atomic E-state index is 0.202. The first-order valence-electron chi connectivity index (χ1n) is 6.95. The molecule has 0 aliphatic carbocycles. The highest BCUT2D eigenvalue weighted by Gasteiger charge is 2.18. The molecule has 2 aromatic rings. The Labute approximate surface area is 122 Å². The van der Waals surface area contributed by atoms with Crippen LogP contribution in [0.5, 0.6) is 0 Å². The summed E-state index contributed by atoms with van der Waals surface area (Å²) in [5.41, 5.74) is 1.87. The minimum Gasteiger partial charge on any atom is -0.342 e. The number of pyridine rings is 1. The highest BCUT2D eigenvalue weighted by molar-refractivity contribution is 7.13. The Morgan fingerprint density at radius 1 is 1.30 bits per heavy atom. The molecule has 0 saturated carbocycles. The van der Waals surface area contributed by atoms with Gasteiger partial charge in [-0.3, -0.25) is 9.78 Å². The van der Waals surface area contributed by atoms with Crippen LogP contribution in [0, 0.1) is 0 Å². The van der Waals surface area contributed by atoms with Crippen LogP contribution in [-0.4, -0.2) is 33.9 Å². The van der Waals surface area contributed by atoms with Gasteiger partial charge in [-0.1, -0.05) is 0 Å². The third-order valence-corrected chi connectivity index (χ3v) is 4.44. The maximum atomic E-state index is 12.2. The molecule has 0 unspecified atom stereocenters. The summed E-state index contributed by atoms with van der Waals surface area (Å²) in [7, 11) is 0. The van der Waals surface area contributed by atoms with Crippen molar-refractivity contribution in [2.75, 3.05) is 13.1 Å². The number of likely N-dealkylation sites (tertiary alicyclic amines) is 1. The van der Waals surface area contributed by atoms with Crippen LogP contribution in [-0.2, 0) is 11.2 Å². The topological polar surface area (TPSA) is 46.1 Å². The first-order chi connectivity index (χ1) is 9.83. The molecule has 0 N–H and O–H groups in total. The molecule has 1 aliphatic heterocycles. The van der Waals surface area contributed by atoms with Crippen LogP contribution in [0.2, 0.25) is 0 Å². The number of nitrogens with zero attached hydrogens (tertiary/aromatic N) is 3. The van der Waals surface area contributed by atoms with Crippen LogP contribution in [0.3, 0.4) is 0 Å². The van der Waals surface area contributed by atoms with Gasteiger partial charge in [0.25, 0.3) is 0 Å². The highest BCUT2D eigenvalue weighted by atomic mass is 32.1. The molecule has 1 amide bonds. The average Bonchev–Trinajstić information content (AvgIpc) is 2.97. The summed E-state index contributed by atoms with van der Waals surface area (Å²) in [4.78, 5) is 22.8. The molecule has 0 atom stereocenters. The van der Waals surface area contributed by atoms with Crippen molar-refractivity contribution in [3.8, 4) is 10.6 Å². The third-order valence-electron chi connectivity index (χ3n) is 3.50. The summed E-state index contributed by atoms with van der Waals surface area (Å²) < 4.78 is 0. The molecule has 0 bridgehead atoms. The van der Waals surface area contributed by atoms with E-state index in [1.807, 2.05) is 22.4 Å². The predicted molar refractivity (Wildman–Crippen MR) is 79.5 cm³/mol.